The summed E-state index contributed by atoms with van der Waals surface area (Å²) in [5.74, 6) is -1.19. The maximum absolute atomic E-state index is 12.3. The molecule has 0 aliphatic carbocycles. The minimum absolute atomic E-state index is 0.0843. The maximum atomic E-state index is 12.3. The first-order valence-electron chi connectivity index (χ1n) is 7.18. The van der Waals surface area contributed by atoms with E-state index in [0.29, 0.717) is 15.7 Å². The Bertz CT molecular complexity index is 906. The molecule has 0 N–H and O–H groups in total. The molecule has 3 rings (SSSR count). The van der Waals surface area contributed by atoms with Crippen molar-refractivity contribution in [2.45, 2.75) is 0 Å². The Kier molecular flexibility index (Phi) is 4.92. The number of nitro groups is 1. The molecule has 1 fully saturated rings. The van der Waals surface area contributed by atoms with E-state index in [1.54, 1.807) is 0 Å². The summed E-state index contributed by atoms with van der Waals surface area (Å²) >= 11 is 11.8. The number of hydrogen-bond acceptors (Lipinski definition) is 6. The highest BCUT2D eigenvalue weighted by molar-refractivity contribution is 6.35. The van der Waals surface area contributed by atoms with Gasteiger partial charge in [0.1, 0.15) is 18.0 Å². The van der Waals surface area contributed by atoms with Crippen molar-refractivity contribution in [1.29, 1.82) is 0 Å². The Hall–Kier alpha value is -2.91. The lowest BCUT2D eigenvalue weighted by atomic mass is 10.2. The van der Waals surface area contributed by atoms with Crippen molar-refractivity contribution in [3.63, 3.8) is 0 Å². The van der Waals surface area contributed by atoms with E-state index in [0.717, 1.165) is 17.3 Å². The van der Waals surface area contributed by atoms with E-state index in [2.05, 4.69) is 5.10 Å². The average molecular weight is 397 g/mol. The number of halogens is 2. The molecule has 2 amide bonds. The van der Waals surface area contributed by atoms with Crippen LogP contribution in [0.25, 0.3) is 0 Å². The summed E-state index contributed by atoms with van der Waals surface area (Å²) in [7, 11) is 0. The number of carbonyl (C=O) groups is 2. The highest BCUT2D eigenvalue weighted by Gasteiger charge is 2.31. The van der Waals surface area contributed by atoms with Gasteiger partial charge in [0.25, 0.3) is 5.91 Å². The van der Waals surface area contributed by atoms with Crippen LogP contribution in [-0.2, 0) is 9.59 Å². The third kappa shape index (κ3) is 3.84. The number of carbonyl (C=O) groups excluding carboxylic acids is 2. The first kappa shape index (κ1) is 17.9. The van der Waals surface area contributed by atoms with Gasteiger partial charge in [-0.15, -0.1) is 0 Å². The molecule has 2 aromatic rings. The van der Waals surface area contributed by atoms with E-state index in [-0.39, 0.29) is 24.8 Å². The van der Waals surface area contributed by atoms with Gasteiger partial charge < -0.3 is 9.32 Å². The standard InChI is InChI=1S/C15H10Cl2N4O5/c16-9-3-10(17)5-11(4-9)19-7-14(23)20(8-13(19)22)18-6-12-1-2-15(26-12)21(24)25/h1-6H,7-8H2/b18-6+. The van der Waals surface area contributed by atoms with Gasteiger partial charge in [-0.05, 0) is 24.3 Å². The van der Waals surface area contributed by atoms with Gasteiger partial charge in [0, 0.05) is 15.7 Å². The normalized spacial score (nSPS) is 15.2. The number of hydrogen-bond donors (Lipinski definition) is 0. The second-order valence-corrected chi connectivity index (χ2v) is 6.11. The molecule has 9 nitrogen and oxygen atoms in total. The maximum Gasteiger partial charge on any atom is 0.433 e. The topological polar surface area (TPSA) is 109 Å². The fourth-order valence-corrected chi connectivity index (χ4v) is 2.79. The van der Waals surface area contributed by atoms with Crippen molar-refractivity contribution < 1.29 is 18.9 Å². The molecule has 0 unspecified atom stereocenters. The fourth-order valence-electron chi connectivity index (χ4n) is 2.28. The number of rotatable bonds is 4. The van der Waals surface area contributed by atoms with E-state index < -0.39 is 16.7 Å². The molecule has 26 heavy (non-hydrogen) atoms. The van der Waals surface area contributed by atoms with E-state index in [4.69, 9.17) is 27.6 Å². The zero-order valence-corrected chi connectivity index (χ0v) is 14.5. The van der Waals surface area contributed by atoms with E-state index in [1.807, 2.05) is 0 Å². The molecule has 1 aromatic carbocycles. The summed E-state index contributed by atoms with van der Waals surface area (Å²) in [6.07, 6.45) is 1.13. The van der Waals surface area contributed by atoms with Crippen LogP contribution in [0.15, 0.2) is 39.9 Å². The Morgan fingerprint density at radius 1 is 1.12 bits per heavy atom. The van der Waals surface area contributed by atoms with Gasteiger partial charge in [-0.2, -0.15) is 5.10 Å². The minimum atomic E-state index is -0.694. The smallest absolute Gasteiger partial charge is 0.400 e. The molecule has 1 aliphatic heterocycles. The molecule has 0 bridgehead atoms. The number of amides is 2. The van der Waals surface area contributed by atoms with E-state index in [1.165, 1.54) is 29.2 Å². The van der Waals surface area contributed by atoms with Crippen LogP contribution in [0.4, 0.5) is 11.6 Å². The summed E-state index contributed by atoms with van der Waals surface area (Å²) in [4.78, 5) is 35.7. The quantitative estimate of drug-likeness (QED) is 0.448. The SMILES string of the molecule is O=C1CN(c2cc(Cl)cc(Cl)c2)C(=O)CN1/N=C/c1ccc([N+](=O)[O-])o1. The number of nitrogens with zero attached hydrogens (tertiary/aromatic N) is 4. The third-order valence-corrected chi connectivity index (χ3v) is 3.88. The van der Waals surface area contributed by atoms with Crippen molar-refractivity contribution in [3.05, 3.63) is 56.3 Å². The Labute approximate surface area is 156 Å². The van der Waals surface area contributed by atoms with Gasteiger partial charge in [-0.1, -0.05) is 23.2 Å². The van der Waals surface area contributed by atoms with Gasteiger partial charge in [0.15, 0.2) is 5.76 Å². The summed E-state index contributed by atoms with van der Waals surface area (Å²) in [5, 5.41) is 16.1. The number of benzene rings is 1. The monoisotopic (exact) mass is 396 g/mol. The van der Waals surface area contributed by atoms with Crippen LogP contribution in [0.1, 0.15) is 5.76 Å². The van der Waals surface area contributed by atoms with Crippen LogP contribution in [0.5, 0.6) is 0 Å². The van der Waals surface area contributed by atoms with Gasteiger partial charge >= 0.3 is 5.88 Å². The van der Waals surface area contributed by atoms with Gasteiger partial charge in [0.2, 0.25) is 5.91 Å². The zero-order chi connectivity index (χ0) is 18.8. The van der Waals surface area contributed by atoms with Crippen molar-refractivity contribution in [1.82, 2.24) is 5.01 Å². The van der Waals surface area contributed by atoms with Crippen molar-refractivity contribution >= 4 is 52.8 Å². The Morgan fingerprint density at radius 2 is 1.81 bits per heavy atom. The average Bonchev–Trinajstić information content (AvgIpc) is 3.03. The molecule has 2 heterocycles. The Morgan fingerprint density at radius 3 is 2.42 bits per heavy atom. The van der Waals surface area contributed by atoms with Gasteiger partial charge in [-0.3, -0.25) is 19.7 Å². The van der Waals surface area contributed by atoms with Crippen LogP contribution in [0.2, 0.25) is 10.0 Å². The van der Waals surface area contributed by atoms with Crippen molar-refractivity contribution in [3.8, 4) is 0 Å². The van der Waals surface area contributed by atoms with Crippen LogP contribution < -0.4 is 4.90 Å². The predicted molar refractivity (Wildman–Crippen MR) is 93.5 cm³/mol. The lowest BCUT2D eigenvalue weighted by Crippen LogP contribution is -2.52. The van der Waals surface area contributed by atoms with Gasteiger partial charge in [-0.25, -0.2) is 5.01 Å². The third-order valence-electron chi connectivity index (χ3n) is 3.44. The number of furan rings is 1. The first-order chi connectivity index (χ1) is 12.3. The lowest BCUT2D eigenvalue weighted by molar-refractivity contribution is -0.402. The fraction of sp³-hybridized carbons (Fsp3) is 0.133. The summed E-state index contributed by atoms with van der Waals surface area (Å²) in [5.41, 5.74) is 0.408. The minimum Gasteiger partial charge on any atom is -0.400 e. The molecule has 1 aromatic heterocycles. The Balaban J connectivity index is 1.73. The van der Waals surface area contributed by atoms with E-state index >= 15 is 0 Å². The molecule has 0 radical (unpaired) electrons. The predicted octanol–water partition coefficient (Wildman–Crippen LogP) is 2.70. The van der Waals surface area contributed by atoms with Crippen LogP contribution in [-0.4, -0.2) is 41.1 Å². The molecule has 1 aliphatic rings. The molecule has 11 heteroatoms. The zero-order valence-electron chi connectivity index (χ0n) is 13.0. The molecular formula is C15H10Cl2N4O5. The summed E-state index contributed by atoms with van der Waals surface area (Å²) in [6.45, 7) is -0.548. The lowest BCUT2D eigenvalue weighted by Gasteiger charge is -2.31. The van der Waals surface area contributed by atoms with Gasteiger partial charge in [0.05, 0.1) is 12.3 Å². The highest BCUT2D eigenvalue weighted by Crippen LogP contribution is 2.27. The second kappa shape index (κ2) is 7.14. The molecule has 0 saturated carbocycles. The number of anilines is 1. The number of piperazine rings is 1. The van der Waals surface area contributed by atoms with E-state index in [9.17, 15) is 19.7 Å². The van der Waals surface area contributed by atoms with Crippen LogP contribution in [0, 0.1) is 10.1 Å². The molecule has 134 valence electrons. The first-order valence-corrected chi connectivity index (χ1v) is 7.94. The molecule has 0 atom stereocenters. The molecular weight excluding hydrogens is 387 g/mol. The second-order valence-electron chi connectivity index (χ2n) is 5.24. The number of hydrazone groups is 1. The van der Waals surface area contributed by atoms with Crippen LogP contribution >= 0.6 is 23.2 Å². The van der Waals surface area contributed by atoms with Crippen molar-refractivity contribution in [2.75, 3.05) is 18.0 Å². The van der Waals surface area contributed by atoms with Crippen LogP contribution in [0.3, 0.4) is 0 Å². The summed E-state index contributed by atoms with van der Waals surface area (Å²) < 4.78 is 4.90. The summed E-state index contributed by atoms with van der Waals surface area (Å²) in [6, 6.07) is 7.06. The molecule has 0 spiro atoms. The highest BCUT2D eigenvalue weighted by atomic mass is 35.5. The van der Waals surface area contributed by atoms with Crippen molar-refractivity contribution in [2.24, 2.45) is 5.10 Å². The largest absolute Gasteiger partial charge is 0.433 e. The molecule has 1 saturated heterocycles.